The number of hydrogen-bond donors (Lipinski definition) is 1. The number of carbonyl (C=O) groups is 3. The van der Waals surface area contributed by atoms with Crippen LogP contribution in [0.3, 0.4) is 0 Å². The van der Waals surface area contributed by atoms with Crippen molar-refractivity contribution in [3.63, 3.8) is 0 Å². The standard InChI is InChI=1S/C16H11Cl2NO4/c17-6-2-1-3-7(18)13(6)19-16(22)12-14(20)10-8-4-5-9(23-8)11(10)15(12)21/h1-5,8-12H,(H,19,22). The molecule has 1 N–H and O–H groups in total. The monoisotopic (exact) mass is 351 g/mol. The van der Waals surface area contributed by atoms with Crippen LogP contribution >= 0.6 is 23.2 Å². The number of carbonyl (C=O) groups excluding carboxylic acids is 3. The second-order valence-corrected chi connectivity index (χ2v) is 6.64. The summed E-state index contributed by atoms with van der Waals surface area (Å²) in [5.41, 5.74) is 0.204. The number of anilines is 1. The Bertz CT molecular complexity index is 725. The normalized spacial score (nSPS) is 34.1. The van der Waals surface area contributed by atoms with E-state index >= 15 is 0 Å². The Balaban J connectivity index is 1.61. The van der Waals surface area contributed by atoms with E-state index < -0.39 is 47.4 Å². The number of nitrogens with one attached hydrogen (secondary N) is 1. The van der Waals surface area contributed by atoms with Crippen LogP contribution in [0.5, 0.6) is 0 Å². The zero-order valence-electron chi connectivity index (χ0n) is 11.7. The third-order valence-corrected chi connectivity index (χ3v) is 5.23. The van der Waals surface area contributed by atoms with Crippen LogP contribution < -0.4 is 5.32 Å². The van der Waals surface area contributed by atoms with Gasteiger partial charge in [-0.1, -0.05) is 41.4 Å². The van der Waals surface area contributed by atoms with E-state index in [2.05, 4.69) is 5.32 Å². The summed E-state index contributed by atoms with van der Waals surface area (Å²) in [4.78, 5) is 37.5. The van der Waals surface area contributed by atoms with Crippen molar-refractivity contribution in [2.75, 3.05) is 5.32 Å². The molecule has 0 aromatic heterocycles. The number of rotatable bonds is 2. The average molecular weight is 352 g/mol. The molecule has 0 radical (unpaired) electrons. The topological polar surface area (TPSA) is 72.5 Å². The molecule has 2 bridgehead atoms. The van der Waals surface area contributed by atoms with Gasteiger partial charge in [-0.2, -0.15) is 0 Å². The molecule has 0 spiro atoms. The minimum Gasteiger partial charge on any atom is -0.365 e. The molecule has 4 rings (SSSR count). The van der Waals surface area contributed by atoms with Gasteiger partial charge in [0, 0.05) is 0 Å². The van der Waals surface area contributed by atoms with Crippen LogP contribution in [0.1, 0.15) is 0 Å². The number of Topliss-reactive ketones (excluding diaryl/α,β-unsaturated/α-hetero) is 2. The van der Waals surface area contributed by atoms with Crippen molar-refractivity contribution < 1.29 is 19.1 Å². The predicted octanol–water partition coefficient (Wildman–Crippen LogP) is 2.27. The molecule has 1 saturated heterocycles. The Labute approximate surface area is 141 Å². The maximum Gasteiger partial charge on any atom is 0.242 e. The van der Waals surface area contributed by atoms with Crippen molar-refractivity contribution in [2.24, 2.45) is 17.8 Å². The summed E-state index contributed by atoms with van der Waals surface area (Å²) in [6.07, 6.45) is 2.76. The minimum atomic E-state index is -1.33. The zero-order chi connectivity index (χ0) is 16.3. The van der Waals surface area contributed by atoms with Gasteiger partial charge < -0.3 is 10.1 Å². The van der Waals surface area contributed by atoms with E-state index in [1.165, 1.54) is 0 Å². The predicted molar refractivity (Wildman–Crippen MR) is 83.4 cm³/mol. The average Bonchev–Trinajstić information content (AvgIpc) is 3.17. The fourth-order valence-electron chi connectivity index (χ4n) is 3.58. The number of hydrogen-bond acceptors (Lipinski definition) is 4. The maximum absolute atomic E-state index is 12.5. The first-order valence-corrected chi connectivity index (χ1v) is 7.91. The quantitative estimate of drug-likeness (QED) is 0.655. The highest BCUT2D eigenvalue weighted by Crippen LogP contribution is 2.47. The number of ketones is 2. The number of ether oxygens (including phenoxy) is 1. The van der Waals surface area contributed by atoms with Crippen LogP contribution in [0.2, 0.25) is 10.0 Å². The van der Waals surface area contributed by atoms with Gasteiger partial charge in [-0.05, 0) is 12.1 Å². The highest BCUT2D eigenvalue weighted by molar-refractivity contribution is 6.40. The van der Waals surface area contributed by atoms with E-state index in [1.54, 1.807) is 30.4 Å². The van der Waals surface area contributed by atoms with Gasteiger partial charge in [-0.15, -0.1) is 0 Å². The van der Waals surface area contributed by atoms with Crippen molar-refractivity contribution in [3.05, 3.63) is 40.4 Å². The fraction of sp³-hybridized carbons (Fsp3) is 0.312. The van der Waals surface area contributed by atoms with Crippen molar-refractivity contribution >= 4 is 46.4 Å². The van der Waals surface area contributed by atoms with Crippen LogP contribution in [0.4, 0.5) is 5.69 Å². The zero-order valence-corrected chi connectivity index (χ0v) is 13.2. The van der Waals surface area contributed by atoms with E-state index in [-0.39, 0.29) is 15.7 Å². The van der Waals surface area contributed by atoms with Gasteiger partial charge in [0.25, 0.3) is 0 Å². The van der Waals surface area contributed by atoms with E-state index in [1.807, 2.05) is 0 Å². The molecule has 2 heterocycles. The lowest BCUT2D eigenvalue weighted by atomic mass is 9.85. The Morgan fingerprint density at radius 2 is 1.52 bits per heavy atom. The number of fused-ring (bicyclic) bond motifs is 5. The van der Waals surface area contributed by atoms with Crippen molar-refractivity contribution in [1.82, 2.24) is 0 Å². The smallest absolute Gasteiger partial charge is 0.242 e. The first-order chi connectivity index (χ1) is 11.0. The summed E-state index contributed by atoms with van der Waals surface area (Å²) in [6.45, 7) is 0. The third kappa shape index (κ3) is 2.07. The summed E-state index contributed by atoms with van der Waals surface area (Å²) in [5, 5.41) is 3.00. The molecule has 2 aliphatic heterocycles. The molecule has 4 unspecified atom stereocenters. The number of halogens is 2. The van der Waals surface area contributed by atoms with Gasteiger partial charge >= 0.3 is 0 Å². The SMILES string of the molecule is O=C(Nc1c(Cl)cccc1Cl)C1C(=O)C2C3C=CC(O3)C2C1=O. The Morgan fingerprint density at radius 1 is 1.00 bits per heavy atom. The molecule has 1 aromatic carbocycles. The lowest BCUT2D eigenvalue weighted by molar-refractivity contribution is -0.137. The largest absolute Gasteiger partial charge is 0.365 e. The van der Waals surface area contributed by atoms with Crippen molar-refractivity contribution in [2.45, 2.75) is 12.2 Å². The lowest BCUT2D eigenvalue weighted by Crippen LogP contribution is -2.34. The Morgan fingerprint density at radius 3 is 2.04 bits per heavy atom. The van der Waals surface area contributed by atoms with Gasteiger partial charge in [-0.3, -0.25) is 14.4 Å². The molecule has 1 amide bonds. The van der Waals surface area contributed by atoms with Crippen LogP contribution in [0.15, 0.2) is 30.4 Å². The minimum absolute atomic E-state index is 0.204. The molecule has 1 aromatic rings. The molecule has 5 nitrogen and oxygen atoms in total. The van der Waals surface area contributed by atoms with Gasteiger partial charge in [0.15, 0.2) is 17.5 Å². The first-order valence-electron chi connectivity index (χ1n) is 7.15. The van der Waals surface area contributed by atoms with E-state index in [4.69, 9.17) is 27.9 Å². The molecule has 1 saturated carbocycles. The summed E-state index contributed by atoms with van der Waals surface area (Å²) in [7, 11) is 0. The van der Waals surface area contributed by atoms with Crippen LogP contribution in [0.25, 0.3) is 0 Å². The lowest BCUT2D eigenvalue weighted by Gasteiger charge is -2.14. The van der Waals surface area contributed by atoms with Gasteiger partial charge in [-0.25, -0.2) is 0 Å². The van der Waals surface area contributed by atoms with Gasteiger partial charge in [0.2, 0.25) is 5.91 Å². The van der Waals surface area contributed by atoms with Crippen LogP contribution in [0, 0.1) is 17.8 Å². The number of para-hydroxylation sites is 1. The van der Waals surface area contributed by atoms with Crippen LogP contribution in [-0.4, -0.2) is 29.7 Å². The molecule has 4 atom stereocenters. The molecular weight excluding hydrogens is 341 g/mol. The Kier molecular flexibility index (Phi) is 3.34. The summed E-state index contributed by atoms with van der Waals surface area (Å²) >= 11 is 12.0. The second-order valence-electron chi connectivity index (χ2n) is 5.83. The molecule has 118 valence electrons. The van der Waals surface area contributed by atoms with Crippen molar-refractivity contribution in [3.8, 4) is 0 Å². The fourth-order valence-corrected chi connectivity index (χ4v) is 4.07. The maximum atomic E-state index is 12.5. The highest BCUT2D eigenvalue weighted by atomic mass is 35.5. The van der Waals surface area contributed by atoms with Crippen LogP contribution in [-0.2, 0) is 19.1 Å². The summed E-state index contributed by atoms with van der Waals surface area (Å²) in [6, 6.07) is 4.76. The molecular formula is C16H11Cl2NO4. The highest BCUT2D eigenvalue weighted by Gasteiger charge is 2.62. The van der Waals surface area contributed by atoms with E-state index in [0.717, 1.165) is 0 Å². The first kappa shape index (κ1) is 14.9. The molecule has 2 fully saturated rings. The summed E-state index contributed by atoms with van der Waals surface area (Å²) < 4.78 is 5.54. The van der Waals surface area contributed by atoms with Crippen molar-refractivity contribution in [1.29, 1.82) is 0 Å². The van der Waals surface area contributed by atoms with E-state index in [9.17, 15) is 14.4 Å². The Hall–Kier alpha value is -1.69. The van der Waals surface area contributed by atoms with Gasteiger partial charge in [0.1, 0.15) is 0 Å². The molecule has 7 heteroatoms. The molecule has 23 heavy (non-hydrogen) atoms. The molecule has 1 aliphatic carbocycles. The summed E-state index contributed by atoms with van der Waals surface area (Å²) in [5.74, 6) is -3.92. The number of amides is 1. The van der Waals surface area contributed by atoms with Gasteiger partial charge in [0.05, 0.1) is 39.8 Å². The third-order valence-electron chi connectivity index (χ3n) is 4.60. The number of benzene rings is 1. The second kappa shape index (κ2) is 5.16. The molecule has 3 aliphatic rings. The van der Waals surface area contributed by atoms with E-state index in [0.29, 0.717) is 0 Å².